The number of rotatable bonds is 7. The van der Waals surface area contributed by atoms with Crippen molar-refractivity contribution in [1.82, 2.24) is 9.55 Å². The molecule has 5 aromatic rings. The van der Waals surface area contributed by atoms with Gasteiger partial charge in [0.1, 0.15) is 11.1 Å². The van der Waals surface area contributed by atoms with E-state index in [2.05, 4.69) is 4.98 Å². The van der Waals surface area contributed by atoms with Crippen LogP contribution in [0.3, 0.4) is 0 Å². The third-order valence-corrected chi connectivity index (χ3v) is 6.63. The number of carbonyl (C=O) groups is 1. The molecule has 0 radical (unpaired) electrons. The smallest absolute Gasteiger partial charge is 0.347 e. The van der Waals surface area contributed by atoms with Crippen molar-refractivity contribution in [2.24, 2.45) is 0 Å². The summed E-state index contributed by atoms with van der Waals surface area (Å²) in [5.41, 5.74) is 1.69. The number of hydrogen-bond donors (Lipinski definition) is 0. The second-order valence-corrected chi connectivity index (χ2v) is 9.14. The topological polar surface area (TPSA) is 108 Å². The first-order valence-corrected chi connectivity index (χ1v) is 12.0. The zero-order valence-electron chi connectivity index (χ0n) is 18.5. The Morgan fingerprint density at radius 2 is 1.78 bits per heavy atom. The van der Waals surface area contributed by atoms with E-state index >= 15 is 0 Å². The van der Waals surface area contributed by atoms with Crippen LogP contribution in [0.5, 0.6) is 0 Å². The Morgan fingerprint density at radius 3 is 2.50 bits per heavy atom. The lowest BCUT2D eigenvalue weighted by atomic mass is 10.1. The molecule has 0 bridgehead atoms. The Kier molecular flexibility index (Phi) is 6.41. The summed E-state index contributed by atoms with van der Waals surface area (Å²) in [7, 11) is 0. The number of halogens is 1. The minimum atomic E-state index is -0.688. The Balaban J connectivity index is 1.47. The summed E-state index contributed by atoms with van der Waals surface area (Å²) in [6.07, 6.45) is 1.78. The second kappa shape index (κ2) is 9.80. The molecule has 178 valence electrons. The van der Waals surface area contributed by atoms with Crippen molar-refractivity contribution in [2.45, 2.75) is 5.16 Å². The summed E-state index contributed by atoms with van der Waals surface area (Å²) < 4.78 is 7.09. The van der Waals surface area contributed by atoms with Gasteiger partial charge in [-0.15, -0.1) is 0 Å². The lowest BCUT2D eigenvalue weighted by Crippen LogP contribution is -2.15. The minimum absolute atomic E-state index is 0.0229. The summed E-state index contributed by atoms with van der Waals surface area (Å²) >= 11 is 7.21. The van der Waals surface area contributed by atoms with E-state index in [-0.39, 0.29) is 22.8 Å². The quantitative estimate of drug-likeness (QED) is 0.0833. The maximum Gasteiger partial charge on any atom is 0.347 e. The summed E-state index contributed by atoms with van der Waals surface area (Å²) in [6, 6.07) is 21.7. The molecule has 0 saturated carbocycles. The molecule has 0 N–H and O–H groups in total. The Morgan fingerprint density at radius 1 is 1.06 bits per heavy atom. The normalized spacial score (nSPS) is 11.0. The molecule has 0 fully saturated rings. The molecule has 0 amide bonds. The van der Waals surface area contributed by atoms with Gasteiger partial charge in [-0.25, -0.2) is 9.78 Å². The van der Waals surface area contributed by atoms with Gasteiger partial charge in [-0.2, -0.15) is 0 Å². The zero-order valence-corrected chi connectivity index (χ0v) is 20.0. The van der Waals surface area contributed by atoms with Gasteiger partial charge in [0.15, 0.2) is 10.9 Å². The number of fused-ring (bicyclic) bond motifs is 1. The fraction of sp³-hybridized carbons (Fsp3) is 0.0385. The molecule has 8 nitrogen and oxygen atoms in total. The molecule has 36 heavy (non-hydrogen) atoms. The molecule has 0 saturated heterocycles. The standard InChI is InChI=1S/C26H16ClN3O5S/c27-18-7-11-19(12-8-18)29-14-22(16-5-9-20(10-6-16)30(33)34)28-26(29)36-15-23(31)21-13-17-3-1-2-4-24(17)35-25(21)32/h1-14H,15H2. The van der Waals surface area contributed by atoms with E-state index in [1.54, 1.807) is 59.3 Å². The van der Waals surface area contributed by atoms with Crippen LogP contribution in [0.2, 0.25) is 5.02 Å². The molecule has 0 aliphatic rings. The van der Waals surface area contributed by atoms with Crippen molar-refractivity contribution >= 4 is 45.8 Å². The highest BCUT2D eigenvalue weighted by molar-refractivity contribution is 7.99. The third kappa shape index (κ3) is 4.79. The van der Waals surface area contributed by atoms with Crippen LogP contribution in [0.4, 0.5) is 5.69 Å². The van der Waals surface area contributed by atoms with Crippen molar-refractivity contribution in [3.05, 3.63) is 116 Å². The number of nitrogens with zero attached hydrogens (tertiary/aromatic N) is 3. The maximum atomic E-state index is 13.0. The highest BCUT2D eigenvalue weighted by Gasteiger charge is 2.18. The molecule has 0 unspecified atom stereocenters. The average Bonchev–Trinajstić information content (AvgIpc) is 3.31. The highest BCUT2D eigenvalue weighted by atomic mass is 35.5. The molecule has 5 rings (SSSR count). The number of nitro benzene ring substituents is 1. The molecule has 0 atom stereocenters. The van der Waals surface area contributed by atoms with Crippen LogP contribution in [-0.2, 0) is 0 Å². The Labute approximate surface area is 213 Å². The number of aromatic nitrogens is 2. The fourth-order valence-corrected chi connectivity index (χ4v) is 4.61. The van der Waals surface area contributed by atoms with Crippen LogP contribution in [-0.4, -0.2) is 26.0 Å². The van der Waals surface area contributed by atoms with Gasteiger partial charge in [-0.3, -0.25) is 19.5 Å². The SMILES string of the molecule is O=C(CSc1nc(-c2ccc([N+](=O)[O-])cc2)cn1-c1ccc(Cl)cc1)c1cc2ccccc2oc1=O. The van der Waals surface area contributed by atoms with E-state index < -0.39 is 10.5 Å². The van der Waals surface area contributed by atoms with Gasteiger partial charge in [0, 0.05) is 40.0 Å². The van der Waals surface area contributed by atoms with Crippen LogP contribution >= 0.6 is 23.4 Å². The molecule has 0 aliphatic heterocycles. The van der Waals surface area contributed by atoms with E-state index in [1.807, 2.05) is 12.1 Å². The van der Waals surface area contributed by atoms with Crippen molar-refractivity contribution in [1.29, 1.82) is 0 Å². The van der Waals surface area contributed by atoms with Gasteiger partial charge in [-0.1, -0.05) is 41.6 Å². The van der Waals surface area contributed by atoms with Crippen LogP contribution in [0.1, 0.15) is 10.4 Å². The van der Waals surface area contributed by atoms with Gasteiger partial charge in [-0.05, 0) is 48.5 Å². The number of imidazole rings is 1. The van der Waals surface area contributed by atoms with E-state index in [1.165, 1.54) is 30.0 Å². The Hall–Kier alpha value is -4.21. The maximum absolute atomic E-state index is 13.0. The van der Waals surface area contributed by atoms with Gasteiger partial charge >= 0.3 is 5.63 Å². The number of hydrogen-bond acceptors (Lipinski definition) is 7. The van der Waals surface area contributed by atoms with Gasteiger partial charge < -0.3 is 4.42 Å². The van der Waals surface area contributed by atoms with Gasteiger partial charge in [0.05, 0.1) is 16.4 Å². The summed E-state index contributed by atoms with van der Waals surface area (Å²) in [5, 5.41) is 12.7. The van der Waals surface area contributed by atoms with E-state index in [9.17, 15) is 19.7 Å². The first-order valence-electron chi connectivity index (χ1n) is 10.7. The van der Waals surface area contributed by atoms with Crippen molar-refractivity contribution in [2.75, 3.05) is 5.75 Å². The van der Waals surface area contributed by atoms with Crippen molar-refractivity contribution in [3.8, 4) is 16.9 Å². The molecular weight excluding hydrogens is 502 g/mol. The molecular formula is C26H16ClN3O5S. The third-order valence-electron chi connectivity index (χ3n) is 5.43. The van der Waals surface area contributed by atoms with Crippen LogP contribution < -0.4 is 5.63 Å². The van der Waals surface area contributed by atoms with E-state index in [0.29, 0.717) is 32.4 Å². The van der Waals surface area contributed by atoms with Crippen molar-refractivity contribution in [3.63, 3.8) is 0 Å². The largest absolute Gasteiger partial charge is 0.422 e. The van der Waals surface area contributed by atoms with Gasteiger partial charge in [0.2, 0.25) is 0 Å². The summed E-state index contributed by atoms with van der Waals surface area (Å²) in [5.74, 6) is -0.435. The van der Waals surface area contributed by atoms with Crippen LogP contribution in [0, 0.1) is 10.1 Å². The fourth-order valence-electron chi connectivity index (χ4n) is 3.61. The lowest BCUT2D eigenvalue weighted by molar-refractivity contribution is -0.384. The number of thioether (sulfide) groups is 1. The number of benzene rings is 3. The molecule has 2 heterocycles. The van der Waals surface area contributed by atoms with E-state index in [0.717, 1.165) is 5.69 Å². The zero-order chi connectivity index (χ0) is 25.2. The number of ketones is 1. The minimum Gasteiger partial charge on any atom is -0.422 e. The average molecular weight is 518 g/mol. The first-order chi connectivity index (χ1) is 17.4. The molecule has 0 aliphatic carbocycles. The highest BCUT2D eigenvalue weighted by Crippen LogP contribution is 2.29. The molecule has 0 spiro atoms. The lowest BCUT2D eigenvalue weighted by Gasteiger charge is -2.07. The van der Waals surface area contributed by atoms with Gasteiger partial charge in [0.25, 0.3) is 5.69 Å². The number of carbonyl (C=O) groups excluding carboxylic acids is 1. The summed E-state index contributed by atoms with van der Waals surface area (Å²) in [6.45, 7) is 0. The Bertz CT molecular complexity index is 1660. The molecule has 2 aromatic heterocycles. The number of non-ortho nitro benzene ring substituents is 1. The second-order valence-electron chi connectivity index (χ2n) is 7.76. The number of nitro groups is 1. The number of Topliss-reactive ketones (excluding diaryl/α,β-unsaturated/α-hetero) is 1. The monoisotopic (exact) mass is 517 g/mol. The number of para-hydroxylation sites is 1. The molecule has 3 aromatic carbocycles. The summed E-state index contributed by atoms with van der Waals surface area (Å²) in [4.78, 5) is 40.5. The first kappa shape index (κ1) is 23.5. The predicted molar refractivity (Wildman–Crippen MR) is 138 cm³/mol. The van der Waals surface area contributed by atoms with E-state index in [4.69, 9.17) is 16.0 Å². The van der Waals surface area contributed by atoms with Crippen LogP contribution in [0.15, 0.2) is 99.4 Å². The predicted octanol–water partition coefficient (Wildman–Crippen LogP) is 6.18. The van der Waals surface area contributed by atoms with Crippen LogP contribution in [0.25, 0.3) is 27.9 Å². The molecule has 10 heteroatoms. The van der Waals surface area contributed by atoms with Crippen molar-refractivity contribution < 1.29 is 14.1 Å².